The van der Waals surface area contributed by atoms with Gasteiger partial charge in [0.15, 0.2) is 0 Å². The van der Waals surface area contributed by atoms with Crippen LogP contribution < -0.4 is 0 Å². The molecule has 0 heterocycles. The molecule has 0 rings (SSSR count). The molecule has 0 spiro atoms. The zero-order valence-corrected chi connectivity index (χ0v) is 9.56. The third kappa shape index (κ3) is 3.71. The molecule has 0 aromatic rings. The van der Waals surface area contributed by atoms with E-state index >= 15 is 0 Å². The van der Waals surface area contributed by atoms with E-state index in [9.17, 15) is 0 Å². The Balaban J connectivity index is 3.88. The molecule has 0 amide bonds. The molecule has 1 atom stereocenters. The Morgan fingerprint density at radius 1 is 1.45 bits per heavy atom. The van der Waals surface area contributed by atoms with Crippen LogP contribution in [0.2, 0.25) is 0 Å². The van der Waals surface area contributed by atoms with Crippen molar-refractivity contribution < 1.29 is 0 Å². The number of hydrogen-bond donors (Lipinski definition) is 0. The smallest absolute Gasteiger partial charge is 0.0280 e. The first-order valence-electron chi connectivity index (χ1n) is 4.11. The number of rotatable bonds is 5. The van der Waals surface area contributed by atoms with Gasteiger partial charge in [-0.3, -0.25) is 0 Å². The number of halogens is 1. The number of hydrogen-bond acceptors (Lipinski definition) is 1. The molecule has 0 aliphatic heterocycles. The summed E-state index contributed by atoms with van der Waals surface area (Å²) in [5.41, 5.74) is 0.338. The summed E-state index contributed by atoms with van der Waals surface area (Å²) in [4.78, 5) is 0. The fourth-order valence-corrected chi connectivity index (χ4v) is 1.96. The van der Waals surface area contributed by atoms with E-state index in [-0.39, 0.29) is 0 Å². The van der Waals surface area contributed by atoms with Gasteiger partial charge >= 0.3 is 0 Å². The van der Waals surface area contributed by atoms with Crippen LogP contribution in [0.5, 0.6) is 0 Å². The molecule has 11 heavy (non-hydrogen) atoms. The first-order chi connectivity index (χ1) is 5.06. The van der Waals surface area contributed by atoms with Gasteiger partial charge in [0.1, 0.15) is 0 Å². The van der Waals surface area contributed by atoms with Crippen LogP contribution in [-0.2, 0) is 0 Å². The minimum Gasteiger partial charge on any atom is -0.165 e. The Hall–Kier alpha value is 0.640. The molecule has 0 saturated carbocycles. The standard InChI is InChI=1S/C9H19ClS/c1-8(2)9(3,7-10)5-6-11-4/h8H,5-7H2,1-4H3. The molecule has 0 aliphatic rings. The van der Waals surface area contributed by atoms with Gasteiger partial charge in [0.05, 0.1) is 0 Å². The molecule has 0 aliphatic carbocycles. The van der Waals surface area contributed by atoms with Crippen molar-refractivity contribution in [3.05, 3.63) is 0 Å². The van der Waals surface area contributed by atoms with E-state index in [1.807, 2.05) is 11.8 Å². The summed E-state index contributed by atoms with van der Waals surface area (Å²) in [6.07, 6.45) is 3.38. The highest BCUT2D eigenvalue weighted by molar-refractivity contribution is 7.98. The van der Waals surface area contributed by atoms with Crippen molar-refractivity contribution in [3.8, 4) is 0 Å². The molecule has 68 valence electrons. The van der Waals surface area contributed by atoms with Crippen molar-refractivity contribution >= 4 is 23.4 Å². The van der Waals surface area contributed by atoms with Gasteiger partial charge in [-0.2, -0.15) is 11.8 Å². The van der Waals surface area contributed by atoms with Crippen LogP contribution in [0.25, 0.3) is 0 Å². The highest BCUT2D eigenvalue weighted by Crippen LogP contribution is 2.33. The van der Waals surface area contributed by atoms with Crippen LogP contribution in [0.15, 0.2) is 0 Å². The number of alkyl halides is 1. The summed E-state index contributed by atoms with van der Waals surface area (Å²) in [6, 6.07) is 0. The summed E-state index contributed by atoms with van der Waals surface area (Å²) >= 11 is 7.83. The van der Waals surface area contributed by atoms with Crippen LogP contribution in [-0.4, -0.2) is 17.9 Å². The van der Waals surface area contributed by atoms with E-state index in [4.69, 9.17) is 11.6 Å². The zero-order chi connectivity index (χ0) is 8.91. The molecule has 0 aromatic carbocycles. The lowest BCUT2D eigenvalue weighted by Gasteiger charge is -2.31. The predicted molar refractivity (Wildman–Crippen MR) is 56.7 cm³/mol. The maximum absolute atomic E-state index is 5.93. The van der Waals surface area contributed by atoms with Gasteiger partial charge in [-0.05, 0) is 29.8 Å². The first-order valence-corrected chi connectivity index (χ1v) is 6.04. The Kier molecular flexibility index (Phi) is 5.62. The second kappa shape index (κ2) is 5.31. The highest BCUT2D eigenvalue weighted by Gasteiger charge is 2.26. The van der Waals surface area contributed by atoms with Crippen LogP contribution in [0.3, 0.4) is 0 Å². The molecule has 0 saturated heterocycles. The lowest BCUT2D eigenvalue weighted by atomic mass is 9.79. The molecular formula is C9H19ClS. The lowest BCUT2D eigenvalue weighted by Crippen LogP contribution is -2.26. The molecule has 1 unspecified atom stereocenters. The fourth-order valence-electron chi connectivity index (χ4n) is 0.845. The van der Waals surface area contributed by atoms with Crippen molar-refractivity contribution in [2.45, 2.75) is 27.2 Å². The quantitative estimate of drug-likeness (QED) is 0.603. The Morgan fingerprint density at radius 3 is 2.27 bits per heavy atom. The Morgan fingerprint density at radius 2 is 2.00 bits per heavy atom. The van der Waals surface area contributed by atoms with Crippen molar-refractivity contribution in [2.24, 2.45) is 11.3 Å². The Bertz CT molecular complexity index is 104. The minimum atomic E-state index is 0.338. The average molecular weight is 195 g/mol. The minimum absolute atomic E-state index is 0.338. The van der Waals surface area contributed by atoms with Gasteiger partial charge in [0, 0.05) is 5.88 Å². The second-order valence-corrected chi connectivity index (χ2v) is 4.94. The van der Waals surface area contributed by atoms with Gasteiger partial charge in [-0.1, -0.05) is 20.8 Å². The predicted octanol–water partition coefficient (Wildman–Crippen LogP) is 3.64. The van der Waals surface area contributed by atoms with Crippen LogP contribution in [0.1, 0.15) is 27.2 Å². The highest BCUT2D eigenvalue weighted by atomic mass is 35.5. The summed E-state index contributed by atoms with van der Waals surface area (Å²) in [5, 5.41) is 0. The second-order valence-electron chi connectivity index (χ2n) is 3.69. The van der Waals surface area contributed by atoms with Crippen LogP contribution in [0.4, 0.5) is 0 Å². The topological polar surface area (TPSA) is 0 Å². The molecule has 0 radical (unpaired) electrons. The summed E-state index contributed by atoms with van der Waals surface area (Å²) < 4.78 is 0. The number of thioether (sulfide) groups is 1. The normalized spacial score (nSPS) is 16.9. The van der Waals surface area contributed by atoms with Gasteiger partial charge in [0.25, 0.3) is 0 Å². The van der Waals surface area contributed by atoms with Crippen LogP contribution in [0, 0.1) is 11.3 Å². The maximum Gasteiger partial charge on any atom is 0.0280 e. The summed E-state index contributed by atoms with van der Waals surface area (Å²) in [6.45, 7) is 6.78. The van der Waals surface area contributed by atoms with Gasteiger partial charge in [-0.25, -0.2) is 0 Å². The molecule has 0 nitrogen and oxygen atoms in total. The van der Waals surface area contributed by atoms with Crippen molar-refractivity contribution in [2.75, 3.05) is 17.9 Å². The largest absolute Gasteiger partial charge is 0.165 e. The van der Waals surface area contributed by atoms with Crippen molar-refractivity contribution in [1.29, 1.82) is 0 Å². The third-order valence-electron chi connectivity index (χ3n) is 2.58. The fraction of sp³-hybridized carbons (Fsp3) is 1.00. The zero-order valence-electron chi connectivity index (χ0n) is 7.98. The molecular weight excluding hydrogens is 176 g/mol. The molecule has 0 aromatic heterocycles. The molecule has 0 N–H and O–H groups in total. The SMILES string of the molecule is CSCCC(C)(CCl)C(C)C. The maximum atomic E-state index is 5.93. The Labute approximate surface area is 80.1 Å². The van der Waals surface area contributed by atoms with E-state index in [1.165, 1.54) is 12.2 Å². The van der Waals surface area contributed by atoms with E-state index in [2.05, 4.69) is 27.0 Å². The van der Waals surface area contributed by atoms with Gasteiger partial charge < -0.3 is 0 Å². The van der Waals surface area contributed by atoms with Crippen LogP contribution >= 0.6 is 23.4 Å². The van der Waals surface area contributed by atoms with Crippen molar-refractivity contribution in [3.63, 3.8) is 0 Å². The molecule has 0 fully saturated rings. The van der Waals surface area contributed by atoms with Gasteiger partial charge in [0.2, 0.25) is 0 Å². The lowest BCUT2D eigenvalue weighted by molar-refractivity contribution is 0.247. The van der Waals surface area contributed by atoms with E-state index in [1.54, 1.807) is 0 Å². The summed E-state index contributed by atoms with van der Waals surface area (Å²) in [7, 11) is 0. The third-order valence-corrected chi connectivity index (χ3v) is 3.80. The average Bonchev–Trinajstić information content (AvgIpc) is 2.00. The first kappa shape index (κ1) is 11.6. The molecule has 0 bridgehead atoms. The van der Waals surface area contributed by atoms with Crippen molar-refractivity contribution in [1.82, 2.24) is 0 Å². The van der Waals surface area contributed by atoms with E-state index in [0.29, 0.717) is 11.3 Å². The summed E-state index contributed by atoms with van der Waals surface area (Å²) in [5.74, 6) is 2.69. The monoisotopic (exact) mass is 194 g/mol. The molecule has 2 heteroatoms. The van der Waals surface area contributed by atoms with Gasteiger partial charge in [-0.15, -0.1) is 11.6 Å². The van der Waals surface area contributed by atoms with E-state index in [0.717, 1.165) is 5.88 Å². The van der Waals surface area contributed by atoms with E-state index < -0.39 is 0 Å².